The van der Waals surface area contributed by atoms with Gasteiger partial charge >= 0.3 is 0 Å². The molecule has 0 saturated heterocycles. The molecular weight excluding hydrogens is 261 g/mol. The number of aromatic nitrogens is 2. The highest BCUT2D eigenvalue weighted by Gasteiger charge is 2.15. The van der Waals surface area contributed by atoms with Crippen molar-refractivity contribution in [3.8, 4) is 0 Å². The Hall–Kier alpha value is -1.46. The van der Waals surface area contributed by atoms with E-state index in [1.165, 1.54) is 17.8 Å². The Morgan fingerprint density at radius 2 is 1.95 bits per heavy atom. The van der Waals surface area contributed by atoms with Gasteiger partial charge in [0.1, 0.15) is 5.82 Å². The third-order valence-corrected chi connectivity index (χ3v) is 3.88. The van der Waals surface area contributed by atoms with Crippen LogP contribution in [-0.2, 0) is 0 Å². The van der Waals surface area contributed by atoms with Gasteiger partial charge in [-0.25, -0.2) is 14.4 Å². The van der Waals surface area contributed by atoms with E-state index in [0.29, 0.717) is 10.1 Å². The van der Waals surface area contributed by atoms with Crippen molar-refractivity contribution in [3.05, 3.63) is 47.5 Å². The summed E-state index contributed by atoms with van der Waals surface area (Å²) in [6.07, 6.45) is 3.47. The normalized spacial score (nSPS) is 12.4. The lowest BCUT2D eigenvalue weighted by Crippen LogP contribution is -2.13. The van der Waals surface area contributed by atoms with Gasteiger partial charge in [-0.15, -0.1) is 0 Å². The van der Waals surface area contributed by atoms with Crippen LogP contribution in [0.25, 0.3) is 0 Å². The molecule has 0 saturated carbocycles. The molecule has 1 atom stereocenters. The summed E-state index contributed by atoms with van der Waals surface area (Å²) in [5.41, 5.74) is 1.90. The zero-order chi connectivity index (χ0) is 13.8. The van der Waals surface area contributed by atoms with E-state index in [2.05, 4.69) is 15.3 Å². The first kappa shape index (κ1) is 14.0. The van der Waals surface area contributed by atoms with Crippen molar-refractivity contribution in [1.29, 1.82) is 0 Å². The van der Waals surface area contributed by atoms with Crippen LogP contribution in [0.3, 0.4) is 0 Å². The van der Waals surface area contributed by atoms with E-state index >= 15 is 0 Å². The number of rotatable bonds is 4. The maximum atomic E-state index is 14.0. The van der Waals surface area contributed by atoms with E-state index in [4.69, 9.17) is 0 Å². The molecule has 1 heterocycles. The van der Waals surface area contributed by atoms with E-state index < -0.39 is 0 Å². The summed E-state index contributed by atoms with van der Waals surface area (Å²) in [6, 6.07) is 5.17. The first-order valence-electron chi connectivity index (χ1n) is 6.04. The second-order valence-electron chi connectivity index (χ2n) is 4.31. The fraction of sp³-hybridized carbons (Fsp3) is 0.286. The minimum Gasteiger partial charge on any atom is -0.313 e. The molecule has 3 nitrogen and oxygen atoms in total. The van der Waals surface area contributed by atoms with Crippen LogP contribution < -0.4 is 5.32 Å². The Morgan fingerprint density at radius 3 is 2.58 bits per heavy atom. The smallest absolute Gasteiger partial charge is 0.192 e. The van der Waals surface area contributed by atoms with E-state index in [-0.39, 0.29) is 11.9 Å². The van der Waals surface area contributed by atoms with Gasteiger partial charge in [0, 0.05) is 18.4 Å². The van der Waals surface area contributed by atoms with Crippen LogP contribution in [0.5, 0.6) is 0 Å². The van der Waals surface area contributed by atoms with Crippen molar-refractivity contribution in [2.75, 3.05) is 7.05 Å². The fourth-order valence-electron chi connectivity index (χ4n) is 1.65. The Labute approximate surface area is 116 Å². The van der Waals surface area contributed by atoms with Crippen molar-refractivity contribution in [3.63, 3.8) is 0 Å². The molecule has 0 aliphatic carbocycles. The molecule has 0 bridgehead atoms. The molecule has 0 aliphatic rings. The molecular formula is C14H16FN3S. The SMILES string of the molecule is CNC(C)c1cccc(F)c1Sc1ncc(C)cn1. The third kappa shape index (κ3) is 3.30. The molecule has 0 amide bonds. The van der Waals surface area contributed by atoms with Crippen LogP contribution in [0.15, 0.2) is 40.6 Å². The van der Waals surface area contributed by atoms with Crippen LogP contribution in [-0.4, -0.2) is 17.0 Å². The lowest BCUT2D eigenvalue weighted by molar-refractivity contribution is 0.575. The van der Waals surface area contributed by atoms with Crippen molar-refractivity contribution >= 4 is 11.8 Å². The molecule has 0 aliphatic heterocycles. The number of nitrogens with one attached hydrogen (secondary N) is 1. The number of aryl methyl sites for hydroxylation is 1. The average molecular weight is 277 g/mol. The van der Waals surface area contributed by atoms with Crippen LogP contribution in [0.1, 0.15) is 24.1 Å². The lowest BCUT2D eigenvalue weighted by Gasteiger charge is -2.15. The van der Waals surface area contributed by atoms with Crippen molar-refractivity contribution in [1.82, 2.24) is 15.3 Å². The van der Waals surface area contributed by atoms with Crippen molar-refractivity contribution in [2.45, 2.75) is 29.9 Å². The van der Waals surface area contributed by atoms with E-state index in [1.54, 1.807) is 18.5 Å². The number of halogens is 1. The van der Waals surface area contributed by atoms with Gasteiger partial charge in [0.25, 0.3) is 0 Å². The highest BCUT2D eigenvalue weighted by molar-refractivity contribution is 7.99. The van der Waals surface area contributed by atoms with Gasteiger partial charge in [-0.05, 0) is 49.9 Å². The van der Waals surface area contributed by atoms with Gasteiger partial charge in [0.2, 0.25) is 0 Å². The molecule has 5 heteroatoms. The van der Waals surface area contributed by atoms with Gasteiger partial charge in [-0.1, -0.05) is 12.1 Å². The van der Waals surface area contributed by atoms with Gasteiger partial charge in [0.05, 0.1) is 4.90 Å². The Bertz CT molecular complexity index is 557. The summed E-state index contributed by atoms with van der Waals surface area (Å²) in [7, 11) is 1.85. The topological polar surface area (TPSA) is 37.8 Å². The minimum atomic E-state index is -0.242. The molecule has 1 unspecified atom stereocenters. The van der Waals surface area contributed by atoms with Gasteiger partial charge in [0.15, 0.2) is 5.16 Å². The fourth-order valence-corrected chi connectivity index (χ4v) is 2.58. The van der Waals surface area contributed by atoms with E-state index in [0.717, 1.165) is 11.1 Å². The molecule has 19 heavy (non-hydrogen) atoms. The summed E-state index contributed by atoms with van der Waals surface area (Å²) >= 11 is 1.26. The van der Waals surface area contributed by atoms with Crippen molar-refractivity contribution in [2.24, 2.45) is 0 Å². The summed E-state index contributed by atoms with van der Waals surface area (Å²) < 4.78 is 14.0. The van der Waals surface area contributed by atoms with E-state index in [9.17, 15) is 4.39 Å². The van der Waals surface area contributed by atoms with E-state index in [1.807, 2.05) is 27.0 Å². The number of hydrogen-bond donors (Lipinski definition) is 1. The average Bonchev–Trinajstić information content (AvgIpc) is 2.42. The first-order chi connectivity index (χ1) is 9.11. The number of nitrogens with zero attached hydrogens (tertiary/aromatic N) is 2. The van der Waals surface area contributed by atoms with Gasteiger partial charge < -0.3 is 5.32 Å². The molecule has 2 rings (SSSR count). The summed E-state index contributed by atoms with van der Waals surface area (Å²) in [5, 5.41) is 3.68. The zero-order valence-electron chi connectivity index (χ0n) is 11.1. The first-order valence-corrected chi connectivity index (χ1v) is 6.85. The third-order valence-electron chi connectivity index (χ3n) is 2.85. The predicted octanol–water partition coefficient (Wildman–Crippen LogP) is 3.36. The number of benzene rings is 1. The minimum absolute atomic E-state index is 0.0728. The lowest BCUT2D eigenvalue weighted by atomic mass is 10.1. The molecule has 0 radical (unpaired) electrons. The largest absolute Gasteiger partial charge is 0.313 e. The Kier molecular flexibility index (Phi) is 4.50. The second-order valence-corrected chi connectivity index (χ2v) is 5.29. The zero-order valence-corrected chi connectivity index (χ0v) is 12.0. The Balaban J connectivity index is 2.35. The highest BCUT2D eigenvalue weighted by Crippen LogP contribution is 2.33. The maximum absolute atomic E-state index is 14.0. The highest BCUT2D eigenvalue weighted by atomic mass is 32.2. The second kappa shape index (κ2) is 6.12. The molecule has 100 valence electrons. The summed E-state index contributed by atoms with van der Waals surface area (Å²) in [5.74, 6) is -0.242. The standard InChI is InChI=1S/C14H16FN3S/c1-9-7-17-14(18-8-9)19-13-11(10(2)16-3)5-4-6-12(13)15/h4-8,10,16H,1-3H3. The molecule has 2 aromatic rings. The molecule has 1 aromatic heterocycles. The Morgan fingerprint density at radius 1 is 1.26 bits per heavy atom. The van der Waals surface area contributed by atoms with Gasteiger partial charge in [-0.2, -0.15) is 0 Å². The maximum Gasteiger partial charge on any atom is 0.192 e. The van der Waals surface area contributed by atoms with Gasteiger partial charge in [-0.3, -0.25) is 0 Å². The summed E-state index contributed by atoms with van der Waals surface area (Å²) in [6.45, 7) is 3.92. The number of hydrogen-bond acceptors (Lipinski definition) is 4. The van der Waals surface area contributed by atoms with Crippen LogP contribution >= 0.6 is 11.8 Å². The van der Waals surface area contributed by atoms with Crippen molar-refractivity contribution < 1.29 is 4.39 Å². The monoisotopic (exact) mass is 277 g/mol. The molecule has 1 N–H and O–H groups in total. The van der Waals surface area contributed by atoms with Crippen LogP contribution in [0.2, 0.25) is 0 Å². The molecule has 1 aromatic carbocycles. The quantitative estimate of drug-likeness (QED) is 0.870. The van der Waals surface area contributed by atoms with Crippen LogP contribution in [0.4, 0.5) is 4.39 Å². The summed E-state index contributed by atoms with van der Waals surface area (Å²) in [4.78, 5) is 8.99. The predicted molar refractivity (Wildman–Crippen MR) is 74.8 cm³/mol. The van der Waals surface area contributed by atoms with Crippen LogP contribution in [0, 0.1) is 12.7 Å². The molecule has 0 fully saturated rings. The molecule has 0 spiro atoms.